The molecule has 0 saturated carbocycles. The van der Waals surface area contributed by atoms with Crippen LogP contribution in [0.1, 0.15) is 26.2 Å². The fraction of sp³-hybridized carbons (Fsp3) is 0.875. The first-order valence-corrected chi connectivity index (χ1v) is 4.23. The summed E-state index contributed by atoms with van der Waals surface area (Å²) in [5.74, 6) is -0.163. The molecule has 1 heterocycles. The summed E-state index contributed by atoms with van der Waals surface area (Å²) in [7, 11) is 0. The Morgan fingerprint density at radius 2 is 2.55 bits per heavy atom. The van der Waals surface area contributed by atoms with Crippen LogP contribution in [0.15, 0.2) is 0 Å². The maximum atomic E-state index is 10.7. The lowest BCUT2D eigenvalue weighted by Gasteiger charge is -2.13. The number of rotatable bonds is 3. The lowest BCUT2D eigenvalue weighted by molar-refractivity contribution is -0.121. The van der Waals surface area contributed by atoms with Crippen LogP contribution >= 0.6 is 0 Å². The van der Waals surface area contributed by atoms with Gasteiger partial charge in [-0.25, -0.2) is 0 Å². The second-order valence-electron chi connectivity index (χ2n) is 3.33. The van der Waals surface area contributed by atoms with Gasteiger partial charge in [-0.2, -0.15) is 0 Å². The fourth-order valence-electron chi connectivity index (χ4n) is 1.50. The first kappa shape index (κ1) is 8.53. The highest BCUT2D eigenvalue weighted by atomic mass is 16.1. The van der Waals surface area contributed by atoms with Crippen molar-refractivity contribution in [2.24, 2.45) is 11.7 Å². The van der Waals surface area contributed by atoms with Crippen molar-refractivity contribution in [3.05, 3.63) is 0 Å². The van der Waals surface area contributed by atoms with Gasteiger partial charge < -0.3 is 11.1 Å². The average Bonchev–Trinajstić information content (AvgIpc) is 2.39. The summed E-state index contributed by atoms with van der Waals surface area (Å²) < 4.78 is 0. The van der Waals surface area contributed by atoms with E-state index in [9.17, 15) is 4.79 Å². The monoisotopic (exact) mass is 156 g/mol. The third kappa shape index (κ3) is 2.50. The van der Waals surface area contributed by atoms with Crippen LogP contribution in [0.25, 0.3) is 0 Å². The Morgan fingerprint density at radius 1 is 1.82 bits per heavy atom. The quantitative estimate of drug-likeness (QED) is 0.615. The van der Waals surface area contributed by atoms with Crippen molar-refractivity contribution < 1.29 is 4.79 Å². The molecular weight excluding hydrogens is 140 g/mol. The third-order valence-corrected chi connectivity index (χ3v) is 2.29. The molecule has 1 saturated heterocycles. The van der Waals surface area contributed by atoms with E-state index in [2.05, 4.69) is 5.32 Å². The molecule has 0 spiro atoms. The second kappa shape index (κ2) is 3.72. The van der Waals surface area contributed by atoms with E-state index in [0.29, 0.717) is 6.04 Å². The maximum Gasteiger partial charge on any atom is 0.220 e. The van der Waals surface area contributed by atoms with E-state index >= 15 is 0 Å². The molecule has 1 amide bonds. The highest BCUT2D eigenvalue weighted by molar-refractivity contribution is 5.76. The van der Waals surface area contributed by atoms with Crippen LogP contribution in [0, 0.1) is 5.92 Å². The fourth-order valence-corrected chi connectivity index (χ4v) is 1.50. The Kier molecular flexibility index (Phi) is 2.88. The molecule has 2 atom stereocenters. The largest absolute Gasteiger partial charge is 0.369 e. The van der Waals surface area contributed by atoms with Gasteiger partial charge in [-0.05, 0) is 25.8 Å². The van der Waals surface area contributed by atoms with Gasteiger partial charge in [0.15, 0.2) is 0 Å². The molecule has 0 aliphatic carbocycles. The molecule has 1 aliphatic rings. The number of carbonyl (C=O) groups excluding carboxylic acids is 1. The summed E-state index contributed by atoms with van der Waals surface area (Å²) in [6, 6.07) is 0.525. The molecule has 1 fully saturated rings. The number of nitrogens with one attached hydrogen (secondary N) is 1. The summed E-state index contributed by atoms with van der Waals surface area (Å²) in [6.07, 6.45) is 3.32. The predicted molar refractivity (Wildman–Crippen MR) is 44.0 cm³/mol. The van der Waals surface area contributed by atoms with Crippen LogP contribution in [-0.4, -0.2) is 18.5 Å². The van der Waals surface area contributed by atoms with Crippen molar-refractivity contribution in [3.63, 3.8) is 0 Å². The van der Waals surface area contributed by atoms with E-state index in [1.165, 1.54) is 12.8 Å². The van der Waals surface area contributed by atoms with Gasteiger partial charge in [-0.3, -0.25) is 4.79 Å². The van der Waals surface area contributed by atoms with Crippen molar-refractivity contribution >= 4 is 5.91 Å². The molecular formula is C8H16N2O. The Morgan fingerprint density at radius 3 is 3.00 bits per heavy atom. The second-order valence-corrected chi connectivity index (χ2v) is 3.33. The van der Waals surface area contributed by atoms with E-state index in [1.54, 1.807) is 0 Å². The van der Waals surface area contributed by atoms with Crippen LogP contribution in [-0.2, 0) is 4.79 Å². The van der Waals surface area contributed by atoms with Crippen molar-refractivity contribution in [1.29, 1.82) is 0 Å². The number of hydrogen-bond acceptors (Lipinski definition) is 2. The topological polar surface area (TPSA) is 55.1 Å². The highest BCUT2D eigenvalue weighted by Crippen LogP contribution is 2.13. The van der Waals surface area contributed by atoms with Crippen molar-refractivity contribution in [3.8, 4) is 0 Å². The molecule has 3 heteroatoms. The van der Waals surface area contributed by atoms with Crippen LogP contribution in [0.2, 0.25) is 0 Å². The standard InChI is InChI=1S/C8H16N2O/c1-6(8(9)11)5-7-3-2-4-10-7/h6-7,10H,2-5H2,1H3,(H2,9,11)/t6-,7+/m1/s1. The van der Waals surface area contributed by atoms with E-state index in [1.807, 2.05) is 6.92 Å². The van der Waals surface area contributed by atoms with Crippen LogP contribution < -0.4 is 11.1 Å². The lowest BCUT2D eigenvalue weighted by atomic mass is 10.0. The molecule has 0 aromatic carbocycles. The molecule has 0 radical (unpaired) electrons. The van der Waals surface area contributed by atoms with E-state index in [-0.39, 0.29) is 11.8 Å². The molecule has 3 N–H and O–H groups in total. The summed E-state index contributed by atoms with van der Waals surface area (Å²) in [5.41, 5.74) is 5.15. The number of primary amides is 1. The highest BCUT2D eigenvalue weighted by Gasteiger charge is 2.19. The molecule has 11 heavy (non-hydrogen) atoms. The van der Waals surface area contributed by atoms with Crippen molar-refractivity contribution in [2.45, 2.75) is 32.2 Å². The zero-order chi connectivity index (χ0) is 8.27. The Labute approximate surface area is 67.3 Å². The smallest absolute Gasteiger partial charge is 0.220 e. The lowest BCUT2D eigenvalue weighted by Crippen LogP contribution is -2.29. The average molecular weight is 156 g/mol. The van der Waals surface area contributed by atoms with Gasteiger partial charge in [0.1, 0.15) is 0 Å². The Balaban J connectivity index is 2.23. The molecule has 0 aromatic heterocycles. The summed E-state index contributed by atoms with van der Waals surface area (Å²) in [6.45, 7) is 2.98. The zero-order valence-electron chi connectivity index (χ0n) is 6.97. The first-order valence-electron chi connectivity index (χ1n) is 4.23. The maximum absolute atomic E-state index is 10.7. The van der Waals surface area contributed by atoms with Gasteiger partial charge in [-0.1, -0.05) is 6.92 Å². The number of nitrogens with two attached hydrogens (primary N) is 1. The number of carbonyl (C=O) groups is 1. The minimum absolute atomic E-state index is 0.0191. The molecule has 0 unspecified atom stereocenters. The molecule has 1 rings (SSSR count). The number of amides is 1. The SMILES string of the molecule is C[C@H](C[C@@H]1CCCN1)C(N)=O. The third-order valence-electron chi connectivity index (χ3n) is 2.29. The number of hydrogen-bond donors (Lipinski definition) is 2. The predicted octanol–water partition coefficient (Wildman–Crippen LogP) is 0.250. The molecule has 64 valence electrons. The van der Waals surface area contributed by atoms with Crippen LogP contribution in [0.3, 0.4) is 0 Å². The molecule has 3 nitrogen and oxygen atoms in total. The minimum Gasteiger partial charge on any atom is -0.369 e. The van der Waals surface area contributed by atoms with E-state index in [4.69, 9.17) is 5.73 Å². The summed E-state index contributed by atoms with van der Waals surface area (Å²) in [5, 5.41) is 3.33. The van der Waals surface area contributed by atoms with Crippen molar-refractivity contribution in [1.82, 2.24) is 5.32 Å². The Hall–Kier alpha value is -0.570. The minimum atomic E-state index is -0.182. The van der Waals surface area contributed by atoms with Crippen LogP contribution in [0.4, 0.5) is 0 Å². The van der Waals surface area contributed by atoms with Crippen LogP contribution in [0.5, 0.6) is 0 Å². The van der Waals surface area contributed by atoms with Gasteiger partial charge >= 0.3 is 0 Å². The van der Waals surface area contributed by atoms with E-state index < -0.39 is 0 Å². The summed E-state index contributed by atoms with van der Waals surface area (Å²) >= 11 is 0. The van der Waals surface area contributed by atoms with Gasteiger partial charge in [-0.15, -0.1) is 0 Å². The zero-order valence-corrected chi connectivity index (χ0v) is 6.97. The van der Waals surface area contributed by atoms with E-state index in [0.717, 1.165) is 13.0 Å². The molecule has 1 aliphatic heterocycles. The first-order chi connectivity index (χ1) is 5.20. The summed E-state index contributed by atoms with van der Waals surface area (Å²) in [4.78, 5) is 10.7. The molecule has 0 bridgehead atoms. The Bertz CT molecular complexity index is 141. The molecule has 0 aromatic rings. The van der Waals surface area contributed by atoms with Crippen molar-refractivity contribution in [2.75, 3.05) is 6.54 Å². The van der Waals surface area contributed by atoms with Gasteiger partial charge in [0.05, 0.1) is 0 Å². The van der Waals surface area contributed by atoms with Gasteiger partial charge in [0, 0.05) is 12.0 Å². The normalized spacial score (nSPS) is 26.8. The van der Waals surface area contributed by atoms with Gasteiger partial charge in [0.2, 0.25) is 5.91 Å². The van der Waals surface area contributed by atoms with Gasteiger partial charge in [0.25, 0.3) is 0 Å².